The smallest absolute Gasteiger partial charge is 0.226 e. The minimum Gasteiger partial charge on any atom is -0.302 e. The molecule has 0 aliphatic rings. The molecule has 2 rings (SSSR count). The van der Waals surface area contributed by atoms with Gasteiger partial charge in [0.05, 0.1) is 0 Å². The number of benzene rings is 1. The Hall–Kier alpha value is -1.72. The van der Waals surface area contributed by atoms with Gasteiger partial charge in [0.2, 0.25) is 5.91 Å². The summed E-state index contributed by atoms with van der Waals surface area (Å²) in [4.78, 5) is 26.9. The Morgan fingerprint density at radius 2 is 2.00 bits per heavy atom. The van der Waals surface area contributed by atoms with Crippen molar-refractivity contribution in [1.29, 1.82) is 0 Å². The molecular weight excluding hydrogens is 296 g/mol. The lowest BCUT2D eigenvalue weighted by Crippen LogP contribution is -2.12. The summed E-state index contributed by atoms with van der Waals surface area (Å²) in [5.74, 6) is -0.229. The number of aromatic nitrogens is 1. The van der Waals surface area contributed by atoms with Crippen molar-refractivity contribution in [2.75, 3.05) is 5.32 Å². The number of carbonyl (C=O) groups excluding carboxylic acids is 2. The quantitative estimate of drug-likeness (QED) is 0.859. The van der Waals surface area contributed by atoms with Gasteiger partial charge >= 0.3 is 0 Å². The van der Waals surface area contributed by atoms with Crippen molar-refractivity contribution >= 4 is 39.8 Å². The highest BCUT2D eigenvalue weighted by Crippen LogP contribution is 2.16. The van der Waals surface area contributed by atoms with Crippen LogP contribution in [0.4, 0.5) is 5.13 Å². The summed E-state index contributed by atoms with van der Waals surface area (Å²) in [6.45, 7) is 1.45. The van der Waals surface area contributed by atoms with Crippen LogP contribution in [0.25, 0.3) is 0 Å². The normalized spacial score (nSPS) is 10.3. The molecule has 1 heterocycles. The summed E-state index contributed by atoms with van der Waals surface area (Å²) >= 11 is 7.04. The number of aryl methyl sites for hydroxylation is 1. The second-order valence-corrected chi connectivity index (χ2v) is 5.56. The largest absolute Gasteiger partial charge is 0.302 e. The number of thiazole rings is 1. The second-order valence-electron chi connectivity index (χ2n) is 4.27. The van der Waals surface area contributed by atoms with Crippen LogP contribution in [0.3, 0.4) is 0 Å². The predicted octanol–water partition coefficient (Wildman–Crippen LogP) is 3.57. The van der Waals surface area contributed by atoms with Gasteiger partial charge in [-0.1, -0.05) is 23.7 Å². The number of carbonyl (C=O) groups is 2. The maximum absolute atomic E-state index is 11.8. The minimum absolute atomic E-state index is 0.108. The van der Waals surface area contributed by atoms with Crippen LogP contribution in [0.2, 0.25) is 5.02 Å². The number of nitrogens with one attached hydrogen (secondary N) is 1. The van der Waals surface area contributed by atoms with E-state index < -0.39 is 0 Å². The molecular formula is C14H13ClN2O2S. The van der Waals surface area contributed by atoms with Crippen molar-refractivity contribution in [2.45, 2.75) is 19.8 Å². The number of Topliss-reactive ketones (excluding diaryl/α,β-unsaturated/α-hetero) is 1. The maximum atomic E-state index is 11.8. The molecule has 104 valence electrons. The molecule has 0 atom stereocenters. The summed E-state index contributed by atoms with van der Waals surface area (Å²) in [5, 5.41) is 5.46. The standard InChI is InChI=1S/C14H13ClN2O2S/c1-9(18)12-8-20-14(16-12)17-13(19)7-4-10-2-5-11(15)6-3-10/h2-3,5-6,8H,4,7H2,1H3,(H,16,17,19). The van der Waals surface area contributed by atoms with Gasteiger partial charge in [-0.25, -0.2) is 4.98 Å². The van der Waals surface area contributed by atoms with Crippen molar-refractivity contribution < 1.29 is 9.59 Å². The Labute approximate surface area is 125 Å². The molecule has 1 amide bonds. The van der Waals surface area contributed by atoms with Crippen molar-refractivity contribution in [2.24, 2.45) is 0 Å². The van der Waals surface area contributed by atoms with E-state index >= 15 is 0 Å². The van der Waals surface area contributed by atoms with E-state index in [0.717, 1.165) is 5.56 Å². The lowest BCUT2D eigenvalue weighted by molar-refractivity contribution is -0.116. The lowest BCUT2D eigenvalue weighted by atomic mass is 10.1. The first-order chi connectivity index (χ1) is 9.54. The number of anilines is 1. The van der Waals surface area contributed by atoms with E-state index in [1.807, 2.05) is 12.1 Å². The SMILES string of the molecule is CC(=O)c1csc(NC(=O)CCc2ccc(Cl)cc2)n1. The third-order valence-electron chi connectivity index (χ3n) is 2.67. The molecule has 0 spiro atoms. The van der Waals surface area contributed by atoms with Crippen molar-refractivity contribution in [3.8, 4) is 0 Å². The van der Waals surface area contributed by atoms with Crippen LogP contribution in [0.15, 0.2) is 29.6 Å². The van der Waals surface area contributed by atoms with Gasteiger partial charge in [-0.2, -0.15) is 0 Å². The molecule has 2 aromatic rings. The first-order valence-electron chi connectivity index (χ1n) is 6.05. The second kappa shape index (κ2) is 6.63. The Morgan fingerprint density at radius 3 is 2.60 bits per heavy atom. The summed E-state index contributed by atoms with van der Waals surface area (Å²) in [6.07, 6.45) is 0.991. The van der Waals surface area contributed by atoms with Gasteiger partial charge in [0.15, 0.2) is 10.9 Å². The number of amides is 1. The highest BCUT2D eigenvalue weighted by Gasteiger charge is 2.09. The Balaban J connectivity index is 1.85. The average molecular weight is 309 g/mol. The van der Waals surface area contributed by atoms with Gasteiger partial charge in [0.1, 0.15) is 5.69 Å². The summed E-state index contributed by atoms with van der Waals surface area (Å²) in [6, 6.07) is 7.39. The van der Waals surface area contributed by atoms with E-state index in [9.17, 15) is 9.59 Å². The van der Waals surface area contributed by atoms with Gasteiger partial charge in [-0.05, 0) is 24.1 Å². The summed E-state index contributed by atoms with van der Waals surface area (Å²) in [7, 11) is 0. The van der Waals surface area contributed by atoms with Gasteiger partial charge in [0.25, 0.3) is 0 Å². The third-order valence-corrected chi connectivity index (χ3v) is 3.67. The highest BCUT2D eigenvalue weighted by molar-refractivity contribution is 7.14. The van der Waals surface area contributed by atoms with Gasteiger partial charge in [-0.3, -0.25) is 9.59 Å². The van der Waals surface area contributed by atoms with Crippen LogP contribution in [-0.4, -0.2) is 16.7 Å². The highest BCUT2D eigenvalue weighted by atomic mass is 35.5. The molecule has 20 heavy (non-hydrogen) atoms. The van der Waals surface area contributed by atoms with Gasteiger partial charge in [-0.15, -0.1) is 11.3 Å². The molecule has 0 bridgehead atoms. The van der Waals surface area contributed by atoms with E-state index in [-0.39, 0.29) is 11.7 Å². The molecule has 0 aliphatic carbocycles. The molecule has 1 aromatic carbocycles. The molecule has 0 fully saturated rings. The van der Waals surface area contributed by atoms with E-state index in [0.29, 0.717) is 28.7 Å². The van der Waals surface area contributed by atoms with Crippen molar-refractivity contribution in [1.82, 2.24) is 4.98 Å². The van der Waals surface area contributed by atoms with Crippen LogP contribution in [0.5, 0.6) is 0 Å². The average Bonchev–Trinajstić information content (AvgIpc) is 2.87. The van der Waals surface area contributed by atoms with Crippen LogP contribution in [0, 0.1) is 0 Å². The van der Waals surface area contributed by atoms with E-state index in [1.165, 1.54) is 18.3 Å². The zero-order valence-electron chi connectivity index (χ0n) is 10.9. The molecule has 0 saturated heterocycles. The van der Waals surface area contributed by atoms with Crippen molar-refractivity contribution in [3.05, 3.63) is 45.9 Å². The number of nitrogens with zero attached hydrogens (tertiary/aromatic N) is 1. The predicted molar refractivity (Wildman–Crippen MR) is 80.5 cm³/mol. The fourth-order valence-electron chi connectivity index (χ4n) is 1.58. The first kappa shape index (κ1) is 14.7. The molecule has 1 aromatic heterocycles. The lowest BCUT2D eigenvalue weighted by Gasteiger charge is -2.02. The summed E-state index contributed by atoms with van der Waals surface area (Å²) in [5.41, 5.74) is 1.43. The zero-order valence-corrected chi connectivity index (χ0v) is 12.4. The van der Waals surface area contributed by atoms with Gasteiger partial charge in [0, 0.05) is 23.7 Å². The molecule has 0 aliphatic heterocycles. The topological polar surface area (TPSA) is 59.1 Å². The van der Waals surface area contributed by atoms with Crippen LogP contribution < -0.4 is 5.32 Å². The number of hydrogen-bond acceptors (Lipinski definition) is 4. The number of halogens is 1. The van der Waals surface area contributed by atoms with Gasteiger partial charge < -0.3 is 5.32 Å². The first-order valence-corrected chi connectivity index (χ1v) is 7.31. The van der Waals surface area contributed by atoms with Crippen LogP contribution in [-0.2, 0) is 11.2 Å². The van der Waals surface area contributed by atoms with E-state index in [4.69, 9.17) is 11.6 Å². The molecule has 4 nitrogen and oxygen atoms in total. The monoisotopic (exact) mass is 308 g/mol. The summed E-state index contributed by atoms with van der Waals surface area (Å²) < 4.78 is 0. The molecule has 0 radical (unpaired) electrons. The number of rotatable bonds is 5. The Kier molecular flexibility index (Phi) is 4.87. The molecule has 6 heteroatoms. The van der Waals surface area contributed by atoms with Crippen LogP contribution >= 0.6 is 22.9 Å². The molecule has 0 unspecified atom stereocenters. The maximum Gasteiger partial charge on any atom is 0.226 e. The van der Waals surface area contributed by atoms with Crippen LogP contribution in [0.1, 0.15) is 29.4 Å². The van der Waals surface area contributed by atoms with Crippen molar-refractivity contribution in [3.63, 3.8) is 0 Å². The minimum atomic E-state index is -0.121. The fourth-order valence-corrected chi connectivity index (χ4v) is 2.48. The zero-order chi connectivity index (χ0) is 14.5. The number of ketones is 1. The molecule has 0 saturated carbocycles. The number of hydrogen-bond donors (Lipinski definition) is 1. The third kappa shape index (κ3) is 4.15. The Morgan fingerprint density at radius 1 is 1.30 bits per heavy atom. The van der Waals surface area contributed by atoms with E-state index in [2.05, 4.69) is 10.3 Å². The fraction of sp³-hybridized carbons (Fsp3) is 0.214. The Bertz CT molecular complexity index is 622. The molecule has 1 N–H and O–H groups in total. The van der Waals surface area contributed by atoms with E-state index in [1.54, 1.807) is 17.5 Å².